The molecular weight excluding hydrogens is 280 g/mol. The number of aryl methyl sites for hydroxylation is 1. The van der Waals surface area contributed by atoms with E-state index in [1.54, 1.807) is 0 Å². The van der Waals surface area contributed by atoms with Gasteiger partial charge in [0, 0.05) is 25.4 Å². The van der Waals surface area contributed by atoms with Gasteiger partial charge in [-0.05, 0) is 46.1 Å². The van der Waals surface area contributed by atoms with E-state index in [1.165, 1.54) is 0 Å². The Kier molecular flexibility index (Phi) is 5.97. The first-order chi connectivity index (χ1) is 10.5. The van der Waals surface area contributed by atoms with Crippen LogP contribution in [0.15, 0.2) is 12.4 Å². The molecule has 1 fully saturated rings. The van der Waals surface area contributed by atoms with Gasteiger partial charge in [0.1, 0.15) is 0 Å². The number of rotatable bonds is 7. The van der Waals surface area contributed by atoms with Gasteiger partial charge in [-0.1, -0.05) is 0 Å². The maximum absolute atomic E-state index is 12.1. The van der Waals surface area contributed by atoms with Crippen LogP contribution in [0, 0.1) is 6.92 Å². The van der Waals surface area contributed by atoms with Crippen LogP contribution < -0.4 is 10.6 Å². The minimum Gasteiger partial charge on any atom is -0.376 e. The summed E-state index contributed by atoms with van der Waals surface area (Å²) in [7, 11) is 0. The Bertz CT molecular complexity index is 482. The van der Waals surface area contributed by atoms with E-state index in [2.05, 4.69) is 29.6 Å². The van der Waals surface area contributed by atoms with Gasteiger partial charge >= 0.3 is 0 Å². The van der Waals surface area contributed by atoms with Crippen molar-refractivity contribution in [2.75, 3.05) is 13.2 Å². The predicted octanol–water partition coefficient (Wildman–Crippen LogP) is 1.41. The normalized spacial score (nSPS) is 22.3. The number of aromatic nitrogens is 2. The quantitative estimate of drug-likeness (QED) is 0.799. The maximum Gasteiger partial charge on any atom is 0.236 e. The van der Waals surface area contributed by atoms with Crippen molar-refractivity contribution < 1.29 is 9.53 Å². The van der Waals surface area contributed by atoms with Gasteiger partial charge in [-0.2, -0.15) is 5.10 Å². The van der Waals surface area contributed by atoms with Crippen LogP contribution in [0.1, 0.15) is 45.2 Å². The zero-order chi connectivity index (χ0) is 16.1. The van der Waals surface area contributed by atoms with Crippen molar-refractivity contribution in [2.24, 2.45) is 0 Å². The van der Waals surface area contributed by atoms with Crippen molar-refractivity contribution in [1.82, 2.24) is 20.4 Å². The van der Waals surface area contributed by atoms with Crippen LogP contribution in [0.2, 0.25) is 0 Å². The Morgan fingerprint density at radius 2 is 2.27 bits per heavy atom. The molecule has 0 spiro atoms. The Labute approximate surface area is 132 Å². The predicted molar refractivity (Wildman–Crippen MR) is 85.7 cm³/mol. The summed E-state index contributed by atoms with van der Waals surface area (Å²) in [6.45, 7) is 9.50. The molecule has 0 saturated carbocycles. The summed E-state index contributed by atoms with van der Waals surface area (Å²) >= 11 is 0. The number of carbonyl (C=O) groups is 1. The molecule has 4 atom stereocenters. The lowest BCUT2D eigenvalue weighted by atomic mass is 10.1. The molecule has 0 unspecified atom stereocenters. The van der Waals surface area contributed by atoms with Gasteiger partial charge in [0.05, 0.1) is 24.4 Å². The second-order valence-electron chi connectivity index (χ2n) is 6.30. The first kappa shape index (κ1) is 17.0. The van der Waals surface area contributed by atoms with Crippen molar-refractivity contribution in [3.8, 4) is 0 Å². The van der Waals surface area contributed by atoms with Gasteiger partial charge in [0.25, 0.3) is 0 Å². The van der Waals surface area contributed by atoms with E-state index >= 15 is 0 Å². The summed E-state index contributed by atoms with van der Waals surface area (Å²) in [5.74, 6) is 0.0196. The van der Waals surface area contributed by atoms with Gasteiger partial charge in [0.15, 0.2) is 0 Å². The summed E-state index contributed by atoms with van der Waals surface area (Å²) in [6.07, 6.45) is 6.17. The molecule has 1 aliphatic rings. The molecule has 2 rings (SSSR count). The summed E-state index contributed by atoms with van der Waals surface area (Å²) < 4.78 is 7.45. The smallest absolute Gasteiger partial charge is 0.236 e. The monoisotopic (exact) mass is 308 g/mol. The molecule has 1 aliphatic heterocycles. The van der Waals surface area contributed by atoms with E-state index in [-0.39, 0.29) is 30.1 Å². The number of nitrogens with one attached hydrogen (secondary N) is 2. The molecule has 1 aromatic heterocycles. The molecule has 1 aromatic rings. The van der Waals surface area contributed by atoms with Gasteiger partial charge in [-0.3, -0.25) is 9.48 Å². The number of carbonyl (C=O) groups excluding carboxylic acids is 1. The van der Waals surface area contributed by atoms with Crippen LogP contribution in [0.3, 0.4) is 0 Å². The summed E-state index contributed by atoms with van der Waals surface area (Å²) in [5, 5.41) is 10.6. The average Bonchev–Trinajstić information content (AvgIpc) is 3.15. The maximum atomic E-state index is 12.1. The molecule has 0 aromatic carbocycles. The second-order valence-corrected chi connectivity index (χ2v) is 6.30. The Balaban J connectivity index is 1.76. The van der Waals surface area contributed by atoms with Crippen LogP contribution in [0.25, 0.3) is 0 Å². The van der Waals surface area contributed by atoms with Crippen LogP contribution >= 0.6 is 0 Å². The third-order valence-electron chi connectivity index (χ3n) is 4.31. The highest BCUT2D eigenvalue weighted by molar-refractivity contribution is 5.81. The first-order valence-corrected chi connectivity index (χ1v) is 8.13. The van der Waals surface area contributed by atoms with E-state index < -0.39 is 0 Å². The zero-order valence-electron chi connectivity index (χ0n) is 14.0. The molecular formula is C16H28N4O2. The van der Waals surface area contributed by atoms with E-state index in [9.17, 15) is 4.79 Å². The molecule has 0 bridgehead atoms. The molecule has 124 valence electrons. The zero-order valence-corrected chi connectivity index (χ0v) is 14.0. The standard InChI is InChI=1S/C16H28N4O2/c1-11-8-18-20(10-11)14(4)12(2)19-13(3)16(21)17-9-15-6-5-7-22-15/h8,10,12-15,19H,5-7,9H2,1-4H3,(H,17,21)/t12-,13+,14+,15+/m0/s1. The summed E-state index contributed by atoms with van der Waals surface area (Å²) in [5.41, 5.74) is 1.14. The van der Waals surface area contributed by atoms with Crippen molar-refractivity contribution in [1.29, 1.82) is 0 Å². The van der Waals surface area contributed by atoms with Gasteiger partial charge in [-0.15, -0.1) is 0 Å². The van der Waals surface area contributed by atoms with Crippen LogP contribution in [-0.2, 0) is 9.53 Å². The molecule has 0 aliphatic carbocycles. The molecule has 1 amide bonds. The number of hydrogen-bond acceptors (Lipinski definition) is 4. The third kappa shape index (κ3) is 4.55. The van der Waals surface area contributed by atoms with E-state index in [4.69, 9.17) is 4.74 Å². The van der Waals surface area contributed by atoms with Crippen molar-refractivity contribution >= 4 is 5.91 Å². The molecule has 2 N–H and O–H groups in total. The van der Waals surface area contributed by atoms with Gasteiger partial charge in [-0.25, -0.2) is 0 Å². The lowest BCUT2D eigenvalue weighted by molar-refractivity contribution is -0.123. The second kappa shape index (κ2) is 7.74. The SMILES string of the molecule is Cc1cnn([C@H](C)[C@H](C)N[C@H](C)C(=O)NC[C@H]2CCCO2)c1. The number of hydrogen-bond donors (Lipinski definition) is 2. The first-order valence-electron chi connectivity index (χ1n) is 8.13. The van der Waals surface area contributed by atoms with Crippen molar-refractivity contribution in [3.63, 3.8) is 0 Å². The van der Waals surface area contributed by atoms with Gasteiger partial charge in [0.2, 0.25) is 5.91 Å². The third-order valence-corrected chi connectivity index (χ3v) is 4.31. The fourth-order valence-electron chi connectivity index (χ4n) is 2.67. The molecule has 2 heterocycles. The summed E-state index contributed by atoms with van der Waals surface area (Å²) in [6, 6.07) is 0.0837. The fourth-order valence-corrected chi connectivity index (χ4v) is 2.67. The van der Waals surface area contributed by atoms with E-state index in [0.717, 1.165) is 25.0 Å². The highest BCUT2D eigenvalue weighted by Crippen LogP contribution is 2.12. The molecule has 6 nitrogen and oxygen atoms in total. The Morgan fingerprint density at radius 1 is 1.50 bits per heavy atom. The minimum absolute atomic E-state index is 0.0196. The van der Waals surface area contributed by atoms with Crippen LogP contribution in [0.5, 0.6) is 0 Å². The van der Waals surface area contributed by atoms with E-state index in [1.807, 2.05) is 30.9 Å². The average molecular weight is 308 g/mol. The van der Waals surface area contributed by atoms with Crippen molar-refractivity contribution in [3.05, 3.63) is 18.0 Å². The molecule has 22 heavy (non-hydrogen) atoms. The highest BCUT2D eigenvalue weighted by Gasteiger charge is 2.22. The molecule has 6 heteroatoms. The number of ether oxygens (including phenoxy) is 1. The van der Waals surface area contributed by atoms with Crippen LogP contribution in [0.4, 0.5) is 0 Å². The largest absolute Gasteiger partial charge is 0.376 e. The van der Waals surface area contributed by atoms with Crippen molar-refractivity contribution in [2.45, 2.75) is 64.8 Å². The van der Waals surface area contributed by atoms with E-state index in [0.29, 0.717) is 6.54 Å². The fraction of sp³-hybridized carbons (Fsp3) is 0.750. The topological polar surface area (TPSA) is 68.2 Å². The minimum atomic E-state index is -0.240. The molecule has 0 radical (unpaired) electrons. The highest BCUT2D eigenvalue weighted by atomic mass is 16.5. The number of nitrogens with zero attached hydrogens (tertiary/aromatic N) is 2. The number of amides is 1. The Hall–Kier alpha value is -1.40. The van der Waals surface area contributed by atoms with Gasteiger partial charge < -0.3 is 15.4 Å². The molecule has 1 saturated heterocycles. The summed E-state index contributed by atoms with van der Waals surface area (Å²) in [4.78, 5) is 12.1. The van der Waals surface area contributed by atoms with Crippen LogP contribution in [-0.4, -0.2) is 47.0 Å². The lowest BCUT2D eigenvalue weighted by Crippen LogP contribution is -2.49. The lowest BCUT2D eigenvalue weighted by Gasteiger charge is -2.25. The Morgan fingerprint density at radius 3 is 2.86 bits per heavy atom.